The maximum Gasteiger partial charge on any atom is 0.361 e. The van der Waals surface area contributed by atoms with Crippen LogP contribution in [0.1, 0.15) is 34.2 Å². The summed E-state index contributed by atoms with van der Waals surface area (Å²) in [5.74, 6) is -1.33. The number of ether oxygens (including phenoxy) is 1. The lowest BCUT2D eigenvalue weighted by molar-refractivity contribution is -0.136. The van der Waals surface area contributed by atoms with Crippen LogP contribution in [0.15, 0.2) is 18.2 Å². The van der Waals surface area contributed by atoms with E-state index in [1.54, 1.807) is 6.92 Å². The van der Waals surface area contributed by atoms with Gasteiger partial charge in [-0.15, -0.1) is 5.10 Å². The van der Waals surface area contributed by atoms with Gasteiger partial charge in [-0.2, -0.15) is 9.90 Å². The zero-order chi connectivity index (χ0) is 19.7. The highest BCUT2D eigenvalue weighted by Crippen LogP contribution is 2.16. The fourth-order valence-electron chi connectivity index (χ4n) is 2.87. The third-order valence-corrected chi connectivity index (χ3v) is 4.30. The van der Waals surface area contributed by atoms with Gasteiger partial charge in [-0.3, -0.25) is 9.69 Å². The van der Waals surface area contributed by atoms with Crippen LogP contribution in [0.5, 0.6) is 0 Å². The summed E-state index contributed by atoms with van der Waals surface area (Å²) >= 11 is 0. The van der Waals surface area contributed by atoms with E-state index in [1.165, 1.54) is 11.7 Å². The lowest BCUT2D eigenvalue weighted by Crippen LogP contribution is -2.41. The average molecular weight is 371 g/mol. The van der Waals surface area contributed by atoms with E-state index in [1.807, 2.05) is 32.0 Å². The van der Waals surface area contributed by atoms with Crippen molar-refractivity contribution in [3.05, 3.63) is 40.7 Å². The zero-order valence-electron chi connectivity index (χ0n) is 15.6. The second-order valence-corrected chi connectivity index (χ2v) is 6.48. The first-order valence-corrected chi connectivity index (χ1v) is 8.59. The van der Waals surface area contributed by atoms with Crippen molar-refractivity contribution in [3.63, 3.8) is 0 Å². The number of carbonyl (C=O) groups excluding carboxylic acids is 3. The van der Waals surface area contributed by atoms with Gasteiger partial charge >= 0.3 is 12.0 Å². The van der Waals surface area contributed by atoms with Crippen LogP contribution in [0.3, 0.4) is 0 Å². The summed E-state index contributed by atoms with van der Waals surface area (Å²) in [5, 5.41) is 11.0. The molecule has 2 aromatic rings. The fraction of sp³-hybridized carbons (Fsp3) is 0.389. The molecular weight excluding hydrogens is 350 g/mol. The number of nitrogens with zero attached hydrogens (tertiary/aromatic N) is 4. The number of benzene rings is 1. The minimum Gasteiger partial charge on any atom is -0.448 e. The van der Waals surface area contributed by atoms with Crippen molar-refractivity contribution in [2.24, 2.45) is 0 Å². The van der Waals surface area contributed by atoms with Crippen LogP contribution < -0.4 is 5.32 Å². The Labute approximate surface area is 156 Å². The fourth-order valence-corrected chi connectivity index (χ4v) is 2.87. The van der Waals surface area contributed by atoms with Gasteiger partial charge < -0.3 is 10.1 Å². The number of amides is 3. The Morgan fingerprint density at radius 1 is 1.22 bits per heavy atom. The summed E-state index contributed by atoms with van der Waals surface area (Å²) in [6, 6.07) is 5.31. The number of aromatic nitrogens is 3. The van der Waals surface area contributed by atoms with Crippen LogP contribution in [-0.4, -0.2) is 57.0 Å². The molecule has 27 heavy (non-hydrogen) atoms. The van der Waals surface area contributed by atoms with Crippen LogP contribution in [0.4, 0.5) is 4.79 Å². The van der Waals surface area contributed by atoms with Gasteiger partial charge in [0, 0.05) is 13.1 Å². The number of nitrogens with one attached hydrogen (secondary N) is 1. The summed E-state index contributed by atoms with van der Waals surface area (Å²) in [5.41, 5.74) is 3.24. The Morgan fingerprint density at radius 2 is 1.96 bits per heavy atom. The maximum absolute atomic E-state index is 12.5. The van der Waals surface area contributed by atoms with Crippen LogP contribution in [0.2, 0.25) is 0 Å². The maximum atomic E-state index is 12.5. The first-order chi connectivity index (χ1) is 12.8. The molecule has 3 amide bonds. The quantitative estimate of drug-likeness (QED) is 0.812. The molecule has 0 unspecified atom stereocenters. The SMILES string of the molecule is Cc1ccc(-n2nc(C)c(C(=O)O[C@H](C)C(=O)N3CCNC3=O)n2)c(C)c1. The van der Waals surface area contributed by atoms with Gasteiger partial charge in [0.15, 0.2) is 11.8 Å². The number of imide groups is 1. The molecule has 0 aliphatic carbocycles. The van der Waals surface area contributed by atoms with Gasteiger partial charge in [-0.25, -0.2) is 9.59 Å². The molecule has 1 fully saturated rings. The first kappa shape index (κ1) is 18.6. The van der Waals surface area contributed by atoms with Crippen molar-refractivity contribution in [1.82, 2.24) is 25.2 Å². The van der Waals surface area contributed by atoms with Crippen LogP contribution in [-0.2, 0) is 9.53 Å². The van der Waals surface area contributed by atoms with Crippen LogP contribution in [0, 0.1) is 20.8 Å². The largest absolute Gasteiger partial charge is 0.448 e. The van der Waals surface area contributed by atoms with Gasteiger partial charge in [0.05, 0.1) is 11.4 Å². The zero-order valence-corrected chi connectivity index (χ0v) is 15.6. The molecule has 0 spiro atoms. The van der Waals surface area contributed by atoms with E-state index in [-0.39, 0.29) is 12.2 Å². The molecule has 1 aromatic carbocycles. The number of esters is 1. The topological polar surface area (TPSA) is 106 Å². The van der Waals surface area contributed by atoms with E-state index in [9.17, 15) is 14.4 Å². The van der Waals surface area contributed by atoms with Gasteiger partial charge in [-0.05, 0) is 39.3 Å². The van der Waals surface area contributed by atoms with E-state index in [0.29, 0.717) is 12.2 Å². The number of hydrogen-bond donors (Lipinski definition) is 1. The van der Waals surface area contributed by atoms with Crippen LogP contribution >= 0.6 is 0 Å². The molecule has 1 aliphatic rings. The molecule has 1 aliphatic heterocycles. The Morgan fingerprint density at radius 3 is 2.59 bits per heavy atom. The highest BCUT2D eigenvalue weighted by Gasteiger charge is 2.32. The van der Waals surface area contributed by atoms with Crippen LogP contribution in [0.25, 0.3) is 5.69 Å². The molecule has 0 radical (unpaired) electrons. The molecule has 0 bridgehead atoms. The third kappa shape index (κ3) is 3.67. The molecule has 1 atom stereocenters. The van der Waals surface area contributed by atoms with Crippen molar-refractivity contribution in [2.75, 3.05) is 13.1 Å². The summed E-state index contributed by atoms with van der Waals surface area (Å²) < 4.78 is 5.21. The summed E-state index contributed by atoms with van der Waals surface area (Å²) in [7, 11) is 0. The molecule has 1 aromatic heterocycles. The van der Waals surface area contributed by atoms with E-state index in [0.717, 1.165) is 21.7 Å². The van der Waals surface area contributed by atoms with E-state index in [4.69, 9.17) is 4.74 Å². The number of urea groups is 1. The number of aryl methyl sites for hydroxylation is 3. The molecule has 9 heteroatoms. The minimum absolute atomic E-state index is 0.0282. The normalized spacial score (nSPS) is 14.8. The van der Waals surface area contributed by atoms with Gasteiger partial charge in [0.2, 0.25) is 0 Å². The van der Waals surface area contributed by atoms with Crippen molar-refractivity contribution >= 4 is 17.9 Å². The molecule has 2 heterocycles. The lowest BCUT2D eigenvalue weighted by atomic mass is 10.1. The smallest absolute Gasteiger partial charge is 0.361 e. The Bertz CT molecular complexity index is 920. The molecule has 142 valence electrons. The Balaban J connectivity index is 1.76. The molecule has 9 nitrogen and oxygen atoms in total. The van der Waals surface area contributed by atoms with E-state index >= 15 is 0 Å². The second-order valence-electron chi connectivity index (χ2n) is 6.48. The summed E-state index contributed by atoms with van der Waals surface area (Å²) in [6.45, 7) is 7.62. The third-order valence-electron chi connectivity index (χ3n) is 4.30. The monoisotopic (exact) mass is 371 g/mol. The van der Waals surface area contributed by atoms with Crippen molar-refractivity contribution in [1.29, 1.82) is 0 Å². The number of rotatable bonds is 4. The minimum atomic E-state index is -1.10. The van der Waals surface area contributed by atoms with Gasteiger partial charge in [0.25, 0.3) is 5.91 Å². The summed E-state index contributed by atoms with van der Waals surface area (Å²) in [4.78, 5) is 38.7. The van der Waals surface area contributed by atoms with Crippen molar-refractivity contribution in [2.45, 2.75) is 33.8 Å². The summed E-state index contributed by atoms with van der Waals surface area (Å²) in [6.07, 6.45) is -1.10. The van der Waals surface area contributed by atoms with E-state index in [2.05, 4.69) is 15.5 Å². The predicted molar refractivity (Wildman–Crippen MR) is 95.6 cm³/mol. The van der Waals surface area contributed by atoms with Crippen molar-refractivity contribution in [3.8, 4) is 5.69 Å². The molecular formula is C18H21N5O4. The standard InChI is InChI=1S/C18H21N5O4/c1-10-5-6-14(11(2)9-10)23-20-12(3)15(21-23)17(25)27-13(4)16(24)22-8-7-19-18(22)26/h5-6,9,13H,7-8H2,1-4H3,(H,19,26)/t13-/m1/s1. The van der Waals surface area contributed by atoms with Crippen molar-refractivity contribution < 1.29 is 19.1 Å². The van der Waals surface area contributed by atoms with Gasteiger partial charge in [-0.1, -0.05) is 17.7 Å². The lowest BCUT2D eigenvalue weighted by Gasteiger charge is -2.17. The molecule has 3 rings (SSSR count). The molecule has 0 saturated carbocycles. The second kappa shape index (κ2) is 7.18. The molecule has 1 N–H and O–H groups in total. The highest BCUT2D eigenvalue weighted by atomic mass is 16.5. The Kier molecular flexibility index (Phi) is 4.93. The highest BCUT2D eigenvalue weighted by molar-refractivity contribution is 5.99. The molecule has 1 saturated heterocycles. The average Bonchev–Trinajstić information content (AvgIpc) is 3.19. The number of hydrogen-bond acceptors (Lipinski definition) is 6. The first-order valence-electron chi connectivity index (χ1n) is 8.59. The van der Waals surface area contributed by atoms with E-state index < -0.39 is 24.0 Å². The Hall–Kier alpha value is -3.23. The van der Waals surface area contributed by atoms with Gasteiger partial charge in [0.1, 0.15) is 0 Å². The predicted octanol–water partition coefficient (Wildman–Crippen LogP) is 1.29. The number of carbonyl (C=O) groups is 3.